The molecule has 0 aromatic carbocycles. The summed E-state index contributed by atoms with van der Waals surface area (Å²) in [6.07, 6.45) is 2.39. The number of aliphatic hydroxyl groups is 1. The lowest BCUT2D eigenvalue weighted by Gasteiger charge is -2.25. The Labute approximate surface area is 93.3 Å². The van der Waals surface area contributed by atoms with Crippen molar-refractivity contribution >= 4 is 5.91 Å². The highest BCUT2D eigenvalue weighted by Crippen LogP contribution is 2.15. The quantitative estimate of drug-likeness (QED) is 0.737. The van der Waals surface area contributed by atoms with Crippen LogP contribution >= 0.6 is 0 Å². The highest BCUT2D eigenvalue weighted by atomic mass is 16.3. The minimum absolute atomic E-state index is 0.0521. The fourth-order valence-electron chi connectivity index (χ4n) is 1.17. The van der Waals surface area contributed by atoms with E-state index in [-0.39, 0.29) is 11.3 Å². The normalized spacial score (nSPS) is 15.9. The Morgan fingerprint density at radius 2 is 1.80 bits per heavy atom. The van der Waals surface area contributed by atoms with Crippen molar-refractivity contribution < 1.29 is 9.90 Å². The van der Waals surface area contributed by atoms with E-state index >= 15 is 0 Å². The molecule has 1 amide bonds. The van der Waals surface area contributed by atoms with Crippen molar-refractivity contribution in [3.8, 4) is 0 Å². The van der Waals surface area contributed by atoms with Crippen molar-refractivity contribution in [2.75, 3.05) is 6.54 Å². The van der Waals surface area contributed by atoms with Crippen LogP contribution in [0.3, 0.4) is 0 Å². The Morgan fingerprint density at radius 3 is 2.20 bits per heavy atom. The third kappa shape index (κ3) is 6.50. The lowest BCUT2D eigenvalue weighted by Crippen LogP contribution is -2.46. The maximum atomic E-state index is 11.7. The minimum atomic E-state index is -1.22. The Bertz CT molecular complexity index is 204. The molecule has 0 fully saturated rings. The summed E-state index contributed by atoms with van der Waals surface area (Å²) in [6, 6.07) is 0. The minimum Gasteiger partial charge on any atom is -0.380 e. The van der Waals surface area contributed by atoms with Gasteiger partial charge in [0.25, 0.3) is 5.91 Å². The van der Waals surface area contributed by atoms with Crippen LogP contribution in [0.1, 0.15) is 53.9 Å². The molecule has 0 saturated carbocycles. The summed E-state index contributed by atoms with van der Waals surface area (Å²) >= 11 is 0. The second kappa shape index (κ2) is 5.50. The van der Waals surface area contributed by atoms with E-state index < -0.39 is 5.60 Å². The fourth-order valence-corrected chi connectivity index (χ4v) is 1.17. The summed E-state index contributed by atoms with van der Waals surface area (Å²) in [6.45, 7) is 10.4. The van der Waals surface area contributed by atoms with Gasteiger partial charge in [0.15, 0.2) is 0 Å². The van der Waals surface area contributed by atoms with Crippen molar-refractivity contribution in [3.63, 3.8) is 0 Å². The van der Waals surface area contributed by atoms with Crippen molar-refractivity contribution in [3.05, 3.63) is 0 Å². The zero-order valence-corrected chi connectivity index (χ0v) is 10.7. The molecule has 0 aliphatic heterocycles. The van der Waals surface area contributed by atoms with Crippen LogP contribution in [-0.2, 0) is 4.79 Å². The maximum Gasteiger partial charge on any atom is 0.251 e. The predicted molar refractivity (Wildman–Crippen MR) is 62.6 cm³/mol. The van der Waals surface area contributed by atoms with Gasteiger partial charge in [0.05, 0.1) is 0 Å². The highest BCUT2D eigenvalue weighted by Gasteiger charge is 2.29. The van der Waals surface area contributed by atoms with Crippen LogP contribution in [0.25, 0.3) is 0 Å². The Hall–Kier alpha value is -0.570. The van der Waals surface area contributed by atoms with E-state index in [1.807, 2.05) is 27.7 Å². The number of nitrogens with one attached hydrogen (secondary N) is 1. The molecule has 0 aromatic rings. The van der Waals surface area contributed by atoms with E-state index in [0.29, 0.717) is 13.0 Å². The monoisotopic (exact) mass is 215 g/mol. The smallest absolute Gasteiger partial charge is 0.251 e. The van der Waals surface area contributed by atoms with Crippen LogP contribution in [0.5, 0.6) is 0 Å². The van der Waals surface area contributed by atoms with Crippen LogP contribution in [0.4, 0.5) is 0 Å². The number of rotatable bonds is 5. The topological polar surface area (TPSA) is 49.3 Å². The number of carbonyl (C=O) groups excluding carboxylic acids is 1. The molecule has 0 radical (unpaired) electrons. The lowest BCUT2D eigenvalue weighted by molar-refractivity contribution is -0.139. The van der Waals surface area contributed by atoms with E-state index in [2.05, 4.69) is 5.32 Å². The first-order valence-corrected chi connectivity index (χ1v) is 5.70. The van der Waals surface area contributed by atoms with Crippen molar-refractivity contribution in [2.24, 2.45) is 5.41 Å². The first-order chi connectivity index (χ1) is 6.69. The third-order valence-corrected chi connectivity index (χ3v) is 2.29. The molecule has 0 rings (SSSR count). The van der Waals surface area contributed by atoms with Gasteiger partial charge in [0.1, 0.15) is 5.60 Å². The standard InChI is InChI=1S/C12H25NO2/c1-6-7-8-12(5,15)10(14)13-9-11(2,3)4/h15H,6-9H2,1-5H3,(H,13,14). The van der Waals surface area contributed by atoms with Crippen LogP contribution in [0.15, 0.2) is 0 Å². The first-order valence-electron chi connectivity index (χ1n) is 5.70. The molecule has 90 valence electrons. The number of hydrogen-bond acceptors (Lipinski definition) is 2. The molecule has 3 heteroatoms. The van der Waals surface area contributed by atoms with Gasteiger partial charge in [-0.25, -0.2) is 0 Å². The summed E-state index contributed by atoms with van der Waals surface area (Å²) in [7, 11) is 0. The van der Waals surface area contributed by atoms with Crippen molar-refractivity contribution in [1.29, 1.82) is 0 Å². The second-order valence-electron chi connectivity index (χ2n) is 5.62. The molecule has 0 bridgehead atoms. The Balaban J connectivity index is 4.08. The van der Waals surface area contributed by atoms with Crippen molar-refractivity contribution in [1.82, 2.24) is 5.32 Å². The van der Waals surface area contributed by atoms with Crippen LogP contribution in [0, 0.1) is 5.41 Å². The molecule has 0 heterocycles. The van der Waals surface area contributed by atoms with E-state index in [1.54, 1.807) is 6.92 Å². The van der Waals surface area contributed by atoms with Crippen LogP contribution < -0.4 is 5.32 Å². The molecule has 0 spiro atoms. The second-order valence-corrected chi connectivity index (χ2v) is 5.62. The van der Waals surface area contributed by atoms with Gasteiger partial charge in [-0.2, -0.15) is 0 Å². The van der Waals surface area contributed by atoms with Gasteiger partial charge in [-0.15, -0.1) is 0 Å². The van der Waals surface area contributed by atoms with Gasteiger partial charge >= 0.3 is 0 Å². The third-order valence-electron chi connectivity index (χ3n) is 2.29. The summed E-state index contributed by atoms with van der Waals surface area (Å²) in [5.41, 5.74) is -1.17. The molecule has 0 aliphatic rings. The van der Waals surface area contributed by atoms with Gasteiger partial charge < -0.3 is 10.4 Å². The van der Waals surface area contributed by atoms with E-state index in [9.17, 15) is 9.90 Å². The predicted octanol–water partition coefficient (Wildman–Crippen LogP) is 2.09. The molecule has 0 saturated heterocycles. The summed E-state index contributed by atoms with van der Waals surface area (Å²) < 4.78 is 0. The van der Waals surface area contributed by atoms with E-state index in [4.69, 9.17) is 0 Å². The fraction of sp³-hybridized carbons (Fsp3) is 0.917. The molecule has 0 aromatic heterocycles. The van der Waals surface area contributed by atoms with Gasteiger partial charge in [-0.1, -0.05) is 40.5 Å². The number of amides is 1. The molecule has 1 unspecified atom stereocenters. The number of hydrogen-bond donors (Lipinski definition) is 2. The van der Waals surface area contributed by atoms with Gasteiger partial charge in [0, 0.05) is 6.54 Å². The Morgan fingerprint density at radius 1 is 1.27 bits per heavy atom. The zero-order valence-electron chi connectivity index (χ0n) is 10.7. The van der Waals surface area contributed by atoms with E-state index in [1.165, 1.54) is 0 Å². The van der Waals surface area contributed by atoms with Crippen LogP contribution in [0.2, 0.25) is 0 Å². The summed E-state index contributed by atoms with van der Waals surface area (Å²) in [5, 5.41) is 12.7. The summed E-state index contributed by atoms with van der Waals surface area (Å²) in [4.78, 5) is 11.7. The SMILES string of the molecule is CCCCC(C)(O)C(=O)NCC(C)(C)C. The molecular weight excluding hydrogens is 190 g/mol. The van der Waals surface area contributed by atoms with Crippen LogP contribution in [-0.4, -0.2) is 23.2 Å². The maximum absolute atomic E-state index is 11.7. The van der Waals surface area contributed by atoms with Crippen molar-refractivity contribution in [2.45, 2.75) is 59.5 Å². The molecule has 2 N–H and O–H groups in total. The molecule has 1 atom stereocenters. The van der Waals surface area contributed by atoms with E-state index in [0.717, 1.165) is 12.8 Å². The molecular formula is C12H25NO2. The van der Waals surface area contributed by atoms with Gasteiger partial charge in [0.2, 0.25) is 0 Å². The number of carbonyl (C=O) groups is 1. The number of unbranched alkanes of at least 4 members (excludes halogenated alkanes) is 1. The lowest BCUT2D eigenvalue weighted by atomic mass is 9.94. The summed E-state index contributed by atoms with van der Waals surface area (Å²) in [5.74, 6) is -0.258. The zero-order chi connectivity index (χ0) is 12.1. The average Bonchev–Trinajstić information content (AvgIpc) is 2.09. The highest BCUT2D eigenvalue weighted by molar-refractivity contribution is 5.84. The largest absolute Gasteiger partial charge is 0.380 e. The van der Waals surface area contributed by atoms with Gasteiger partial charge in [-0.3, -0.25) is 4.79 Å². The first kappa shape index (κ1) is 14.4. The van der Waals surface area contributed by atoms with Gasteiger partial charge in [-0.05, 0) is 18.8 Å². The Kier molecular flexibility index (Phi) is 5.29. The molecule has 3 nitrogen and oxygen atoms in total. The molecule has 0 aliphatic carbocycles. The molecule has 15 heavy (non-hydrogen) atoms. The average molecular weight is 215 g/mol.